The number of Topliss-reactive ketones (excluding diaryl/α,β-unsaturated/α-hetero) is 1. The van der Waals surface area contributed by atoms with Crippen LogP contribution in [0.2, 0.25) is 0 Å². The lowest BCUT2D eigenvalue weighted by atomic mass is 9.95. The highest BCUT2D eigenvalue weighted by molar-refractivity contribution is 5.99. The van der Waals surface area contributed by atoms with E-state index >= 15 is 0 Å². The number of carbonyl (C=O) groups is 1. The minimum atomic E-state index is -0.518. The third-order valence-electron chi connectivity index (χ3n) is 3.65. The van der Waals surface area contributed by atoms with Gasteiger partial charge in [0.25, 0.3) is 0 Å². The standard InChI is InChI=1S/C18H20FNO2/c1-13(22)18-16(19)8-5-9-17(18)20-12-15(10-11-21)14-6-3-2-4-7-14/h2-9,15,20-21H,10-12H2,1H3. The molecule has 2 aromatic carbocycles. The SMILES string of the molecule is CC(=O)c1c(F)cccc1NCC(CCO)c1ccccc1. The normalized spacial score (nSPS) is 12.0. The second kappa shape index (κ2) is 7.71. The summed E-state index contributed by atoms with van der Waals surface area (Å²) < 4.78 is 13.8. The van der Waals surface area contributed by atoms with E-state index in [0.29, 0.717) is 18.7 Å². The average Bonchev–Trinajstić information content (AvgIpc) is 2.52. The molecule has 0 spiro atoms. The number of benzene rings is 2. The molecule has 1 atom stereocenters. The average molecular weight is 301 g/mol. The van der Waals surface area contributed by atoms with Gasteiger partial charge in [-0.25, -0.2) is 4.39 Å². The summed E-state index contributed by atoms with van der Waals surface area (Å²) in [5.74, 6) is -0.732. The van der Waals surface area contributed by atoms with Crippen LogP contribution >= 0.6 is 0 Å². The van der Waals surface area contributed by atoms with Crippen molar-refractivity contribution in [1.82, 2.24) is 0 Å². The number of nitrogens with one attached hydrogen (secondary N) is 1. The Morgan fingerprint density at radius 1 is 1.18 bits per heavy atom. The van der Waals surface area contributed by atoms with E-state index in [4.69, 9.17) is 0 Å². The Morgan fingerprint density at radius 2 is 1.91 bits per heavy atom. The lowest BCUT2D eigenvalue weighted by Crippen LogP contribution is -2.16. The monoisotopic (exact) mass is 301 g/mol. The largest absolute Gasteiger partial charge is 0.396 e. The molecule has 116 valence electrons. The van der Waals surface area contributed by atoms with Crippen molar-refractivity contribution in [3.05, 3.63) is 65.5 Å². The van der Waals surface area contributed by atoms with Crippen LogP contribution < -0.4 is 5.32 Å². The summed E-state index contributed by atoms with van der Waals surface area (Å²) in [5, 5.41) is 12.4. The van der Waals surface area contributed by atoms with Crippen molar-refractivity contribution >= 4 is 11.5 Å². The van der Waals surface area contributed by atoms with E-state index in [1.165, 1.54) is 13.0 Å². The summed E-state index contributed by atoms with van der Waals surface area (Å²) in [7, 11) is 0. The minimum Gasteiger partial charge on any atom is -0.396 e. The van der Waals surface area contributed by atoms with Gasteiger partial charge in [0.05, 0.1) is 5.56 Å². The molecule has 4 heteroatoms. The second-order valence-corrected chi connectivity index (χ2v) is 5.22. The van der Waals surface area contributed by atoms with Gasteiger partial charge < -0.3 is 10.4 Å². The molecule has 22 heavy (non-hydrogen) atoms. The maximum Gasteiger partial charge on any atom is 0.164 e. The zero-order valence-corrected chi connectivity index (χ0v) is 12.6. The summed E-state index contributed by atoms with van der Waals surface area (Å²) in [4.78, 5) is 11.6. The molecule has 2 aromatic rings. The van der Waals surface area contributed by atoms with E-state index in [9.17, 15) is 14.3 Å². The molecular weight excluding hydrogens is 281 g/mol. The second-order valence-electron chi connectivity index (χ2n) is 5.22. The minimum absolute atomic E-state index is 0.0734. The molecule has 0 radical (unpaired) electrons. The maximum absolute atomic E-state index is 13.8. The Labute approximate surface area is 129 Å². The zero-order valence-electron chi connectivity index (χ0n) is 12.6. The van der Waals surface area contributed by atoms with Crippen molar-refractivity contribution in [1.29, 1.82) is 0 Å². The van der Waals surface area contributed by atoms with Crippen LogP contribution in [0.15, 0.2) is 48.5 Å². The number of carbonyl (C=O) groups excluding carboxylic acids is 1. The summed E-state index contributed by atoms with van der Waals surface area (Å²) >= 11 is 0. The van der Waals surface area contributed by atoms with Crippen molar-refractivity contribution in [3.8, 4) is 0 Å². The number of hydrogen-bond acceptors (Lipinski definition) is 3. The Kier molecular flexibility index (Phi) is 5.67. The van der Waals surface area contributed by atoms with Gasteiger partial charge in [-0.1, -0.05) is 36.4 Å². The zero-order chi connectivity index (χ0) is 15.9. The third-order valence-corrected chi connectivity index (χ3v) is 3.65. The highest BCUT2D eigenvalue weighted by Gasteiger charge is 2.15. The lowest BCUT2D eigenvalue weighted by Gasteiger charge is -2.19. The first-order valence-corrected chi connectivity index (χ1v) is 7.32. The van der Waals surface area contributed by atoms with E-state index in [-0.39, 0.29) is 23.9 Å². The third kappa shape index (κ3) is 3.92. The van der Waals surface area contributed by atoms with Crippen molar-refractivity contribution in [2.45, 2.75) is 19.3 Å². The van der Waals surface area contributed by atoms with Crippen LogP contribution in [0.1, 0.15) is 35.2 Å². The van der Waals surface area contributed by atoms with E-state index in [2.05, 4.69) is 5.32 Å². The van der Waals surface area contributed by atoms with Crippen molar-refractivity contribution in [2.24, 2.45) is 0 Å². The highest BCUT2D eigenvalue weighted by atomic mass is 19.1. The fourth-order valence-electron chi connectivity index (χ4n) is 2.53. The molecule has 2 rings (SSSR count). The van der Waals surface area contributed by atoms with Crippen molar-refractivity contribution in [2.75, 3.05) is 18.5 Å². The Hall–Kier alpha value is -2.20. The fraction of sp³-hybridized carbons (Fsp3) is 0.278. The lowest BCUT2D eigenvalue weighted by molar-refractivity contribution is 0.101. The molecule has 0 saturated heterocycles. The molecule has 0 heterocycles. The predicted molar refractivity (Wildman–Crippen MR) is 85.8 cm³/mol. The van der Waals surface area contributed by atoms with E-state index < -0.39 is 5.82 Å². The molecule has 1 unspecified atom stereocenters. The molecule has 0 saturated carbocycles. The van der Waals surface area contributed by atoms with Gasteiger partial charge in [0, 0.05) is 24.8 Å². The predicted octanol–water partition coefficient (Wildman–Crippen LogP) is 3.61. The van der Waals surface area contributed by atoms with Crippen LogP contribution in [0.3, 0.4) is 0 Å². The van der Waals surface area contributed by atoms with Crippen LogP contribution in [0.25, 0.3) is 0 Å². The van der Waals surface area contributed by atoms with Crippen molar-refractivity contribution in [3.63, 3.8) is 0 Å². The van der Waals surface area contributed by atoms with E-state index in [1.54, 1.807) is 12.1 Å². The smallest absolute Gasteiger partial charge is 0.164 e. The van der Waals surface area contributed by atoms with Gasteiger partial charge >= 0.3 is 0 Å². The Bertz CT molecular complexity index is 628. The number of aliphatic hydroxyl groups excluding tert-OH is 1. The summed E-state index contributed by atoms with van der Waals surface area (Å²) in [5.41, 5.74) is 1.68. The van der Waals surface area contributed by atoms with Gasteiger partial charge in [-0.05, 0) is 31.0 Å². The maximum atomic E-state index is 13.8. The van der Waals surface area contributed by atoms with Gasteiger partial charge in [-0.2, -0.15) is 0 Å². The molecule has 0 aliphatic heterocycles. The van der Waals surface area contributed by atoms with Gasteiger partial charge in [-0.3, -0.25) is 4.79 Å². The van der Waals surface area contributed by atoms with Crippen LogP contribution in [0.5, 0.6) is 0 Å². The molecule has 3 nitrogen and oxygen atoms in total. The quantitative estimate of drug-likeness (QED) is 0.768. The number of ketones is 1. The number of rotatable bonds is 7. The number of anilines is 1. The summed E-state index contributed by atoms with van der Waals surface area (Å²) in [6.07, 6.45) is 0.599. The van der Waals surface area contributed by atoms with Crippen LogP contribution in [-0.2, 0) is 0 Å². The number of aliphatic hydroxyl groups is 1. The first kappa shape index (κ1) is 16.2. The number of hydrogen-bond donors (Lipinski definition) is 2. The Balaban J connectivity index is 2.17. The Morgan fingerprint density at radius 3 is 2.55 bits per heavy atom. The molecule has 0 bridgehead atoms. The fourth-order valence-corrected chi connectivity index (χ4v) is 2.53. The summed E-state index contributed by atoms with van der Waals surface area (Å²) in [6.45, 7) is 1.95. The van der Waals surface area contributed by atoms with Gasteiger partial charge in [0.1, 0.15) is 5.82 Å². The van der Waals surface area contributed by atoms with E-state index in [0.717, 1.165) is 5.56 Å². The van der Waals surface area contributed by atoms with Gasteiger partial charge in [0.2, 0.25) is 0 Å². The van der Waals surface area contributed by atoms with Gasteiger partial charge in [-0.15, -0.1) is 0 Å². The van der Waals surface area contributed by atoms with Crippen LogP contribution in [0, 0.1) is 5.82 Å². The highest BCUT2D eigenvalue weighted by Crippen LogP contribution is 2.23. The summed E-state index contributed by atoms with van der Waals surface area (Å²) in [6, 6.07) is 14.4. The van der Waals surface area contributed by atoms with Gasteiger partial charge in [0.15, 0.2) is 5.78 Å². The first-order valence-electron chi connectivity index (χ1n) is 7.32. The molecular formula is C18H20FNO2. The topological polar surface area (TPSA) is 49.3 Å². The number of halogens is 1. The first-order chi connectivity index (χ1) is 10.6. The van der Waals surface area contributed by atoms with E-state index in [1.807, 2.05) is 30.3 Å². The molecule has 0 aliphatic carbocycles. The molecule has 0 fully saturated rings. The molecule has 2 N–H and O–H groups in total. The molecule has 0 aromatic heterocycles. The molecule has 0 amide bonds. The van der Waals surface area contributed by atoms with Crippen LogP contribution in [-0.4, -0.2) is 24.0 Å². The van der Waals surface area contributed by atoms with Crippen LogP contribution in [0.4, 0.5) is 10.1 Å². The molecule has 0 aliphatic rings. The van der Waals surface area contributed by atoms with Crippen molar-refractivity contribution < 1.29 is 14.3 Å².